The Balaban J connectivity index is 1.96. The van der Waals surface area contributed by atoms with Gasteiger partial charge in [-0.3, -0.25) is 19.4 Å². The van der Waals surface area contributed by atoms with Gasteiger partial charge in [-0.1, -0.05) is 12.1 Å². The summed E-state index contributed by atoms with van der Waals surface area (Å²) in [5.74, 6) is -0.521. The molecular weight excluding hydrogens is 460 g/mol. The number of methoxy groups -OCH3 is 1. The lowest BCUT2D eigenvalue weighted by Gasteiger charge is -2.50. The molecule has 2 unspecified atom stereocenters. The lowest BCUT2D eigenvalue weighted by molar-refractivity contribution is -0.933. The number of thiophene rings is 1. The van der Waals surface area contributed by atoms with Crippen LogP contribution in [0, 0.1) is 10.1 Å². The summed E-state index contributed by atoms with van der Waals surface area (Å²) in [4.78, 5) is 37.3. The molecule has 34 heavy (non-hydrogen) atoms. The van der Waals surface area contributed by atoms with Crippen molar-refractivity contribution in [3.05, 3.63) is 66.9 Å². The van der Waals surface area contributed by atoms with E-state index in [0.717, 1.165) is 10.4 Å². The second kappa shape index (κ2) is 7.92. The largest absolute Gasteiger partial charge is 0.498 e. The summed E-state index contributed by atoms with van der Waals surface area (Å²) < 4.78 is 5.32. The van der Waals surface area contributed by atoms with E-state index in [0.29, 0.717) is 28.2 Å². The van der Waals surface area contributed by atoms with Crippen LogP contribution >= 0.6 is 11.3 Å². The highest BCUT2D eigenvalue weighted by molar-refractivity contribution is 7.13. The van der Waals surface area contributed by atoms with E-state index >= 15 is 0 Å². The Morgan fingerprint density at radius 2 is 1.88 bits per heavy atom. The van der Waals surface area contributed by atoms with Gasteiger partial charge in [0.15, 0.2) is 0 Å². The van der Waals surface area contributed by atoms with Crippen LogP contribution in [0.2, 0.25) is 0 Å². The Kier molecular flexibility index (Phi) is 5.57. The first-order valence-electron chi connectivity index (χ1n) is 10.9. The molecule has 1 aliphatic heterocycles. The van der Waals surface area contributed by atoms with Crippen molar-refractivity contribution in [3.63, 3.8) is 0 Å². The number of nitro benzene ring substituents is 1. The third-order valence-electron chi connectivity index (χ3n) is 7.28. The number of nitro groups is 1. The highest BCUT2D eigenvalue weighted by Crippen LogP contribution is 2.52. The van der Waals surface area contributed by atoms with Gasteiger partial charge in [0, 0.05) is 18.6 Å². The van der Waals surface area contributed by atoms with E-state index in [1.165, 1.54) is 42.7 Å². The molecule has 0 saturated heterocycles. The van der Waals surface area contributed by atoms with Crippen molar-refractivity contribution in [3.8, 4) is 0 Å². The van der Waals surface area contributed by atoms with Gasteiger partial charge >= 0.3 is 5.97 Å². The van der Waals surface area contributed by atoms with Crippen LogP contribution in [0.4, 0.5) is 10.5 Å². The molecule has 0 saturated carbocycles. The molecule has 10 heteroatoms. The molecule has 2 aliphatic rings. The molecule has 1 aromatic carbocycles. The highest BCUT2D eigenvalue weighted by atomic mass is 32.1. The number of carbonyl (C=O) groups excluding carboxylic acids is 1. The number of benzene rings is 1. The van der Waals surface area contributed by atoms with E-state index in [-0.39, 0.29) is 29.7 Å². The summed E-state index contributed by atoms with van der Waals surface area (Å²) >= 11 is 1.36. The van der Waals surface area contributed by atoms with E-state index in [2.05, 4.69) is 0 Å². The van der Waals surface area contributed by atoms with Gasteiger partial charge in [-0.25, -0.2) is 0 Å². The Morgan fingerprint density at radius 1 is 1.24 bits per heavy atom. The molecule has 0 radical (unpaired) electrons. The number of allylic oxidation sites excluding steroid dienone is 1. The zero-order valence-electron chi connectivity index (χ0n) is 19.4. The third-order valence-corrected chi connectivity index (χ3v) is 8.51. The number of fused-ring (bicyclic) bond motifs is 3. The fourth-order valence-corrected chi connectivity index (χ4v) is 6.75. The standard InChI is InChI=1S/C24H26N2O7S/c1-23(2,3)26(22(29)30)12-10-16-18(13-26)34-20-17(33-4)9-11-24(19(16)20,21(27)28)14-5-7-15(8-6-14)25(31)32/h5-9H,10-13H2,1-4H3,(H-,27,28,29,30). The number of hydrogen-bond donors (Lipinski definition) is 1. The van der Waals surface area contributed by atoms with Crippen LogP contribution in [-0.2, 0) is 27.9 Å². The van der Waals surface area contributed by atoms with Crippen LogP contribution < -0.4 is 5.11 Å². The molecule has 9 nitrogen and oxygen atoms in total. The quantitative estimate of drug-likeness (QED) is 0.398. The van der Waals surface area contributed by atoms with Crippen LogP contribution in [0.3, 0.4) is 0 Å². The van der Waals surface area contributed by atoms with E-state index in [9.17, 15) is 29.9 Å². The van der Waals surface area contributed by atoms with Gasteiger partial charge in [0.2, 0.25) is 0 Å². The first kappa shape index (κ1) is 23.9. The topological polar surface area (TPSA) is 130 Å². The van der Waals surface area contributed by atoms with E-state index < -0.39 is 27.9 Å². The van der Waals surface area contributed by atoms with Gasteiger partial charge in [0.05, 0.1) is 33.9 Å². The predicted molar refractivity (Wildman–Crippen MR) is 123 cm³/mol. The van der Waals surface area contributed by atoms with Gasteiger partial charge in [0.25, 0.3) is 11.8 Å². The third kappa shape index (κ3) is 3.24. The average molecular weight is 487 g/mol. The molecular formula is C24H26N2O7S. The number of non-ortho nitro benzene ring substituents is 1. The Bertz CT molecular complexity index is 1230. The van der Waals surface area contributed by atoms with Gasteiger partial charge in [0.1, 0.15) is 17.7 Å². The number of hydrogen-bond acceptors (Lipinski definition) is 7. The minimum Gasteiger partial charge on any atom is -0.498 e. The smallest absolute Gasteiger partial charge is 0.319 e. The van der Waals surface area contributed by atoms with Crippen molar-refractivity contribution < 1.29 is 33.9 Å². The van der Waals surface area contributed by atoms with Crippen molar-refractivity contribution in [2.75, 3.05) is 13.7 Å². The van der Waals surface area contributed by atoms with E-state index in [1.807, 2.05) is 20.8 Å². The molecule has 1 aromatic heterocycles. The number of rotatable bonds is 4. The van der Waals surface area contributed by atoms with Gasteiger partial charge in [-0.2, -0.15) is 0 Å². The fraction of sp³-hybridized carbons (Fsp3) is 0.417. The molecule has 0 bridgehead atoms. The van der Waals surface area contributed by atoms with Crippen LogP contribution in [-0.4, -0.2) is 45.8 Å². The van der Waals surface area contributed by atoms with E-state index in [4.69, 9.17) is 4.74 Å². The van der Waals surface area contributed by atoms with Crippen molar-refractivity contribution in [2.45, 2.75) is 51.1 Å². The molecule has 1 amide bonds. The number of nitrogens with zero attached hydrogens (tertiary/aromatic N) is 2. The highest BCUT2D eigenvalue weighted by Gasteiger charge is 2.53. The maximum atomic E-state index is 12.9. The predicted octanol–water partition coefficient (Wildman–Crippen LogP) is 3.43. The molecule has 1 aliphatic carbocycles. The first-order chi connectivity index (χ1) is 15.9. The average Bonchev–Trinajstić information content (AvgIpc) is 3.16. The second-order valence-electron chi connectivity index (χ2n) is 9.74. The number of quaternary nitrogens is 1. The molecule has 0 spiro atoms. The number of amides is 1. The summed E-state index contributed by atoms with van der Waals surface area (Å²) in [5, 5.41) is 34.0. The molecule has 2 atom stereocenters. The lowest BCUT2D eigenvalue weighted by Crippen LogP contribution is -2.68. The Labute approximate surface area is 200 Å². The number of ether oxygens (including phenoxy) is 1. The molecule has 1 N–H and O–H groups in total. The lowest BCUT2D eigenvalue weighted by atomic mass is 9.67. The zero-order chi connectivity index (χ0) is 25.1. The van der Waals surface area contributed by atoms with Crippen molar-refractivity contribution in [1.82, 2.24) is 0 Å². The van der Waals surface area contributed by atoms with Gasteiger partial charge in [-0.05, 0) is 50.0 Å². The Morgan fingerprint density at radius 3 is 2.38 bits per heavy atom. The second-order valence-corrected chi connectivity index (χ2v) is 10.8. The molecule has 2 heterocycles. The monoisotopic (exact) mass is 486 g/mol. The van der Waals surface area contributed by atoms with Crippen LogP contribution in [0.25, 0.3) is 5.76 Å². The van der Waals surface area contributed by atoms with Crippen molar-refractivity contribution in [2.24, 2.45) is 0 Å². The number of carboxylic acids is 1. The summed E-state index contributed by atoms with van der Waals surface area (Å²) in [5.41, 5.74) is -0.362. The summed E-state index contributed by atoms with van der Waals surface area (Å²) in [6.45, 7) is 6.04. The van der Waals surface area contributed by atoms with Crippen molar-refractivity contribution >= 4 is 34.8 Å². The van der Waals surface area contributed by atoms with Gasteiger partial charge in [-0.15, -0.1) is 11.3 Å². The van der Waals surface area contributed by atoms with Crippen molar-refractivity contribution in [1.29, 1.82) is 0 Å². The van der Waals surface area contributed by atoms with Gasteiger partial charge < -0.3 is 19.7 Å². The van der Waals surface area contributed by atoms with E-state index in [1.54, 1.807) is 6.08 Å². The maximum Gasteiger partial charge on any atom is 0.319 e. The minimum atomic E-state index is -1.47. The fourth-order valence-electron chi connectivity index (χ4n) is 5.22. The Hall–Kier alpha value is -3.24. The molecule has 2 aromatic rings. The summed E-state index contributed by atoms with van der Waals surface area (Å²) in [6.07, 6.45) is 1.04. The van der Waals surface area contributed by atoms with Crippen LogP contribution in [0.15, 0.2) is 30.3 Å². The summed E-state index contributed by atoms with van der Waals surface area (Å²) in [7, 11) is 1.52. The number of aliphatic carboxylic acids is 1. The molecule has 4 rings (SSSR count). The SMILES string of the molecule is COC1=CCC(C(=O)O)(c2ccc([N+](=O)[O-])cc2)c2c1sc1c2CC[N+](C(=O)[O-])(C(C)(C)C)C1. The van der Waals surface area contributed by atoms with Crippen LogP contribution in [0.5, 0.6) is 0 Å². The number of carbonyl (C=O) groups is 2. The maximum absolute atomic E-state index is 12.9. The number of carboxylic acid groups (broad SMARTS) is 2. The zero-order valence-corrected chi connectivity index (χ0v) is 20.2. The van der Waals surface area contributed by atoms with Crippen LogP contribution in [0.1, 0.15) is 53.6 Å². The summed E-state index contributed by atoms with van der Waals surface area (Å²) in [6, 6.07) is 5.60. The normalized spacial score (nSPS) is 23.9. The first-order valence-corrected chi connectivity index (χ1v) is 11.7. The molecule has 180 valence electrons. The minimum absolute atomic E-state index is 0.110. The molecule has 0 fully saturated rings.